The lowest BCUT2D eigenvalue weighted by atomic mass is 9.96. The molecular weight excluding hydrogens is 270 g/mol. The molecule has 0 bridgehead atoms. The summed E-state index contributed by atoms with van der Waals surface area (Å²) in [6, 6.07) is 11.5. The van der Waals surface area contributed by atoms with E-state index in [0.717, 1.165) is 6.07 Å². The van der Waals surface area contributed by atoms with Gasteiger partial charge in [-0.1, -0.05) is 42.5 Å². The van der Waals surface area contributed by atoms with Gasteiger partial charge in [0.25, 0.3) is 0 Å². The minimum Gasteiger partial charge on any atom is -0.309 e. The zero-order valence-corrected chi connectivity index (χ0v) is 10.7. The van der Waals surface area contributed by atoms with E-state index in [0.29, 0.717) is 5.56 Å². The minimum atomic E-state index is -4.70. The van der Waals surface area contributed by atoms with Crippen LogP contribution in [0.3, 0.4) is 0 Å². The van der Waals surface area contributed by atoms with Crippen LogP contribution in [0.25, 0.3) is 0 Å². The van der Waals surface area contributed by atoms with E-state index in [1.54, 1.807) is 37.4 Å². The van der Waals surface area contributed by atoms with Crippen molar-refractivity contribution in [3.05, 3.63) is 71.0 Å². The number of halogens is 4. The first kappa shape index (κ1) is 14.5. The molecule has 1 nitrogen and oxygen atoms in total. The van der Waals surface area contributed by atoms with E-state index in [1.165, 1.54) is 12.1 Å². The Morgan fingerprint density at radius 3 is 2.15 bits per heavy atom. The van der Waals surface area contributed by atoms with Crippen molar-refractivity contribution in [2.45, 2.75) is 12.2 Å². The molecule has 20 heavy (non-hydrogen) atoms. The Morgan fingerprint density at radius 1 is 0.950 bits per heavy atom. The van der Waals surface area contributed by atoms with Gasteiger partial charge in [0.15, 0.2) is 0 Å². The van der Waals surface area contributed by atoms with Gasteiger partial charge in [-0.25, -0.2) is 4.39 Å². The molecule has 1 atom stereocenters. The third-order valence-corrected chi connectivity index (χ3v) is 3.07. The summed E-state index contributed by atoms with van der Waals surface area (Å²) >= 11 is 0. The smallest absolute Gasteiger partial charge is 0.309 e. The Bertz CT molecular complexity index is 578. The van der Waals surface area contributed by atoms with Crippen molar-refractivity contribution >= 4 is 0 Å². The van der Waals surface area contributed by atoms with Gasteiger partial charge in [0.1, 0.15) is 5.82 Å². The number of rotatable bonds is 3. The lowest BCUT2D eigenvalue weighted by molar-refractivity contribution is -0.140. The SMILES string of the molecule is CNC(c1ccccc1)c1cccc(C(F)(F)F)c1F. The number of alkyl halides is 3. The van der Waals surface area contributed by atoms with Gasteiger partial charge < -0.3 is 5.32 Å². The van der Waals surface area contributed by atoms with Crippen molar-refractivity contribution in [1.82, 2.24) is 5.32 Å². The zero-order valence-electron chi connectivity index (χ0n) is 10.7. The van der Waals surface area contributed by atoms with Crippen LogP contribution in [0.5, 0.6) is 0 Å². The van der Waals surface area contributed by atoms with Crippen molar-refractivity contribution in [2.75, 3.05) is 7.05 Å². The van der Waals surface area contributed by atoms with Gasteiger partial charge in [0.2, 0.25) is 0 Å². The summed E-state index contributed by atoms with van der Waals surface area (Å²) < 4.78 is 52.3. The minimum absolute atomic E-state index is 0.0199. The summed E-state index contributed by atoms with van der Waals surface area (Å²) in [6.07, 6.45) is -4.70. The van der Waals surface area contributed by atoms with Crippen LogP contribution in [0.4, 0.5) is 17.6 Å². The van der Waals surface area contributed by atoms with Crippen molar-refractivity contribution in [3.63, 3.8) is 0 Å². The topological polar surface area (TPSA) is 12.0 Å². The molecule has 5 heteroatoms. The molecule has 0 aliphatic carbocycles. The molecule has 0 aromatic heterocycles. The lowest BCUT2D eigenvalue weighted by Gasteiger charge is -2.20. The van der Waals surface area contributed by atoms with Crippen molar-refractivity contribution in [3.8, 4) is 0 Å². The number of hydrogen-bond donors (Lipinski definition) is 1. The quantitative estimate of drug-likeness (QED) is 0.834. The molecule has 0 spiro atoms. The van der Waals surface area contributed by atoms with Gasteiger partial charge in [-0.2, -0.15) is 13.2 Å². The van der Waals surface area contributed by atoms with E-state index in [2.05, 4.69) is 5.32 Å². The zero-order chi connectivity index (χ0) is 14.8. The molecule has 2 aromatic rings. The third-order valence-electron chi connectivity index (χ3n) is 3.07. The van der Waals surface area contributed by atoms with Crippen molar-refractivity contribution in [1.29, 1.82) is 0 Å². The first-order valence-electron chi connectivity index (χ1n) is 6.03. The summed E-state index contributed by atoms with van der Waals surface area (Å²) in [5.74, 6) is -1.23. The molecule has 0 fully saturated rings. The number of hydrogen-bond acceptors (Lipinski definition) is 1. The fraction of sp³-hybridized carbons (Fsp3) is 0.200. The molecular formula is C15H13F4N. The van der Waals surface area contributed by atoms with Crippen LogP contribution in [0.1, 0.15) is 22.7 Å². The van der Waals surface area contributed by atoms with Crippen molar-refractivity contribution in [2.24, 2.45) is 0 Å². The Morgan fingerprint density at radius 2 is 1.60 bits per heavy atom. The molecule has 0 saturated heterocycles. The molecule has 2 rings (SSSR count). The third kappa shape index (κ3) is 2.82. The van der Waals surface area contributed by atoms with E-state index in [1.807, 2.05) is 0 Å². The molecule has 0 amide bonds. The van der Waals surface area contributed by atoms with Gasteiger partial charge in [-0.3, -0.25) is 0 Å². The van der Waals surface area contributed by atoms with E-state index in [4.69, 9.17) is 0 Å². The first-order valence-corrected chi connectivity index (χ1v) is 6.03. The Labute approximate surface area is 114 Å². The molecule has 0 aliphatic rings. The second-order valence-corrected chi connectivity index (χ2v) is 4.34. The highest BCUT2D eigenvalue weighted by atomic mass is 19.4. The highest BCUT2D eigenvalue weighted by molar-refractivity contribution is 5.36. The molecule has 1 unspecified atom stereocenters. The van der Waals surface area contributed by atoms with Crippen LogP contribution < -0.4 is 5.32 Å². The maximum Gasteiger partial charge on any atom is 0.419 e. The highest BCUT2D eigenvalue weighted by Gasteiger charge is 2.35. The predicted octanol–water partition coefficient (Wildman–Crippen LogP) is 4.15. The largest absolute Gasteiger partial charge is 0.419 e. The molecule has 2 aromatic carbocycles. The maximum absolute atomic E-state index is 14.1. The standard InChI is InChI=1S/C15H13F4N/c1-20-14(10-6-3-2-4-7-10)11-8-5-9-12(13(11)16)15(17,18)19/h2-9,14,20H,1H3. The van der Waals surface area contributed by atoms with Crippen molar-refractivity contribution < 1.29 is 17.6 Å². The van der Waals surface area contributed by atoms with E-state index >= 15 is 0 Å². The molecule has 1 N–H and O–H groups in total. The second kappa shape index (κ2) is 5.63. The monoisotopic (exact) mass is 283 g/mol. The van der Waals surface area contributed by atoms with E-state index < -0.39 is 23.6 Å². The molecule has 106 valence electrons. The van der Waals surface area contributed by atoms with Gasteiger partial charge in [0, 0.05) is 5.56 Å². The van der Waals surface area contributed by atoms with Crippen LogP contribution in [-0.2, 0) is 6.18 Å². The average Bonchev–Trinajstić information content (AvgIpc) is 2.41. The van der Waals surface area contributed by atoms with E-state index in [9.17, 15) is 17.6 Å². The van der Waals surface area contributed by atoms with E-state index in [-0.39, 0.29) is 5.56 Å². The summed E-state index contributed by atoms with van der Waals surface area (Å²) in [5.41, 5.74) is -0.562. The van der Waals surface area contributed by atoms with Crippen LogP contribution >= 0.6 is 0 Å². The van der Waals surface area contributed by atoms with Gasteiger partial charge in [-0.05, 0) is 18.7 Å². The number of benzene rings is 2. The van der Waals surface area contributed by atoms with Crippen LogP contribution in [-0.4, -0.2) is 7.05 Å². The molecule has 0 aliphatic heterocycles. The molecule has 0 radical (unpaired) electrons. The summed E-state index contributed by atoms with van der Waals surface area (Å²) in [5, 5.41) is 2.85. The maximum atomic E-state index is 14.1. The fourth-order valence-electron chi connectivity index (χ4n) is 2.14. The van der Waals surface area contributed by atoms with Crippen LogP contribution in [0.15, 0.2) is 48.5 Å². The normalized spacial score (nSPS) is 13.2. The lowest BCUT2D eigenvalue weighted by Crippen LogP contribution is -2.20. The Hall–Kier alpha value is -1.88. The average molecular weight is 283 g/mol. The predicted molar refractivity (Wildman–Crippen MR) is 68.7 cm³/mol. The van der Waals surface area contributed by atoms with Gasteiger partial charge >= 0.3 is 6.18 Å². The first-order chi connectivity index (χ1) is 9.45. The Balaban J connectivity index is 2.52. The van der Waals surface area contributed by atoms with Crippen LogP contribution in [0, 0.1) is 5.82 Å². The van der Waals surface area contributed by atoms with Gasteiger partial charge in [-0.15, -0.1) is 0 Å². The molecule has 0 heterocycles. The van der Waals surface area contributed by atoms with Crippen LogP contribution in [0.2, 0.25) is 0 Å². The second-order valence-electron chi connectivity index (χ2n) is 4.34. The summed E-state index contributed by atoms with van der Waals surface area (Å²) in [4.78, 5) is 0. The fourth-order valence-corrected chi connectivity index (χ4v) is 2.14. The highest BCUT2D eigenvalue weighted by Crippen LogP contribution is 2.35. The number of nitrogens with one attached hydrogen (secondary N) is 1. The summed E-state index contributed by atoms with van der Waals surface area (Å²) in [7, 11) is 1.58. The Kier molecular flexibility index (Phi) is 4.09. The van der Waals surface area contributed by atoms with Gasteiger partial charge in [0.05, 0.1) is 11.6 Å². The summed E-state index contributed by atoms with van der Waals surface area (Å²) in [6.45, 7) is 0. The molecule has 0 saturated carbocycles.